The van der Waals surface area contributed by atoms with Crippen LogP contribution in [0.25, 0.3) is 11.4 Å². The van der Waals surface area contributed by atoms with Gasteiger partial charge in [0, 0.05) is 23.5 Å². The summed E-state index contributed by atoms with van der Waals surface area (Å²) in [6.07, 6.45) is 3.31. The van der Waals surface area contributed by atoms with Gasteiger partial charge in [-0.1, -0.05) is 36.4 Å². The van der Waals surface area contributed by atoms with Crippen LogP contribution in [-0.4, -0.2) is 34.4 Å². The van der Waals surface area contributed by atoms with Crippen LogP contribution in [0.3, 0.4) is 0 Å². The Morgan fingerprint density at radius 1 is 0.594 bits per heavy atom. The van der Waals surface area contributed by atoms with Gasteiger partial charge in [-0.15, -0.1) is 0 Å². The average molecular weight is 426 g/mol. The van der Waals surface area contributed by atoms with Crippen LogP contribution in [-0.2, 0) is 11.2 Å². The first kappa shape index (κ1) is 20.2. The summed E-state index contributed by atoms with van der Waals surface area (Å²) in [4.78, 5) is 9.05. The predicted molar refractivity (Wildman–Crippen MR) is 119 cm³/mol. The van der Waals surface area contributed by atoms with Gasteiger partial charge in [0.1, 0.15) is 11.5 Å². The fraction of sp³-hybridized carbons (Fsp3) is 0.154. The molecule has 2 atom stereocenters. The topological polar surface area (TPSA) is 84.7 Å². The van der Waals surface area contributed by atoms with E-state index in [0.717, 1.165) is 0 Å². The summed E-state index contributed by atoms with van der Waals surface area (Å²) in [6.45, 7) is 0. The molecule has 0 saturated carbocycles. The van der Waals surface area contributed by atoms with Gasteiger partial charge in [0.2, 0.25) is 0 Å². The minimum atomic E-state index is -1.85. The van der Waals surface area contributed by atoms with Gasteiger partial charge in [0.15, 0.2) is 11.2 Å². The molecule has 2 aromatic heterocycles. The van der Waals surface area contributed by atoms with Crippen molar-refractivity contribution in [2.45, 2.75) is 11.2 Å². The van der Waals surface area contributed by atoms with Gasteiger partial charge in [-0.3, -0.25) is 9.97 Å². The van der Waals surface area contributed by atoms with Crippen LogP contribution >= 0.6 is 0 Å². The molecule has 1 aliphatic rings. The number of ether oxygens (including phenoxy) is 2. The third kappa shape index (κ3) is 2.67. The van der Waals surface area contributed by atoms with Gasteiger partial charge < -0.3 is 19.7 Å². The lowest BCUT2D eigenvalue weighted by Gasteiger charge is -2.48. The molecule has 6 heteroatoms. The molecule has 0 spiro atoms. The Balaban J connectivity index is 1.87. The van der Waals surface area contributed by atoms with E-state index in [2.05, 4.69) is 9.97 Å². The molecule has 0 aliphatic heterocycles. The van der Waals surface area contributed by atoms with Gasteiger partial charge in [-0.2, -0.15) is 0 Å². The smallest absolute Gasteiger partial charge is 0.154 e. The molecule has 4 aromatic rings. The van der Waals surface area contributed by atoms with E-state index in [1.54, 1.807) is 99.4 Å². The van der Waals surface area contributed by atoms with Gasteiger partial charge in [0.25, 0.3) is 0 Å². The van der Waals surface area contributed by atoms with Crippen molar-refractivity contribution in [1.29, 1.82) is 0 Å². The average Bonchev–Trinajstić information content (AvgIpc) is 2.87. The predicted octanol–water partition coefficient (Wildman–Crippen LogP) is 3.65. The fourth-order valence-corrected chi connectivity index (χ4v) is 4.55. The van der Waals surface area contributed by atoms with Crippen molar-refractivity contribution in [3.63, 3.8) is 0 Å². The lowest BCUT2D eigenvalue weighted by molar-refractivity contribution is -0.114. The summed E-state index contributed by atoms with van der Waals surface area (Å²) >= 11 is 0. The summed E-state index contributed by atoms with van der Waals surface area (Å²) < 4.78 is 10.6. The number of hydrogen-bond acceptors (Lipinski definition) is 6. The lowest BCUT2D eigenvalue weighted by atomic mass is 9.62. The summed E-state index contributed by atoms with van der Waals surface area (Å²) in [7, 11) is 3.17. The molecule has 0 bridgehead atoms. The second kappa shape index (κ2) is 7.44. The quantitative estimate of drug-likeness (QED) is 0.518. The molecule has 2 aromatic carbocycles. The van der Waals surface area contributed by atoms with E-state index in [9.17, 15) is 10.2 Å². The molecule has 0 radical (unpaired) electrons. The highest BCUT2D eigenvalue weighted by molar-refractivity contribution is 5.74. The Labute approximate surface area is 185 Å². The first-order valence-electron chi connectivity index (χ1n) is 10.2. The van der Waals surface area contributed by atoms with Gasteiger partial charge in [-0.25, -0.2) is 0 Å². The van der Waals surface area contributed by atoms with E-state index in [4.69, 9.17) is 9.47 Å². The lowest BCUT2D eigenvalue weighted by Crippen LogP contribution is -2.53. The zero-order valence-electron chi connectivity index (χ0n) is 17.7. The minimum Gasteiger partial charge on any atom is -0.497 e. The van der Waals surface area contributed by atoms with E-state index >= 15 is 0 Å². The number of rotatable bonds is 4. The number of aromatic nitrogens is 2. The van der Waals surface area contributed by atoms with Crippen LogP contribution in [0.1, 0.15) is 22.3 Å². The first-order valence-corrected chi connectivity index (χ1v) is 10.2. The maximum atomic E-state index is 12.5. The Bertz CT molecular complexity index is 1170. The minimum absolute atomic E-state index is 0.467. The molecule has 0 fully saturated rings. The molecule has 0 unspecified atom stereocenters. The molecule has 6 nitrogen and oxygen atoms in total. The van der Waals surface area contributed by atoms with Crippen LogP contribution in [0.5, 0.6) is 11.5 Å². The van der Waals surface area contributed by atoms with Crippen molar-refractivity contribution >= 4 is 0 Å². The maximum absolute atomic E-state index is 12.5. The van der Waals surface area contributed by atoms with Crippen molar-refractivity contribution in [2.75, 3.05) is 14.2 Å². The SMILES string of the molecule is COc1ccc([C@]2(O)c3cccnc3-c3ncccc3[C@@]2(O)c2ccc(OC)cc2)cc1. The Kier molecular flexibility index (Phi) is 4.69. The summed E-state index contributed by atoms with van der Waals surface area (Å²) in [6, 6.07) is 21.1. The zero-order chi connectivity index (χ0) is 22.3. The van der Waals surface area contributed by atoms with Crippen molar-refractivity contribution in [3.8, 4) is 22.9 Å². The Hall–Kier alpha value is -3.74. The third-order valence-electron chi connectivity index (χ3n) is 6.16. The molecule has 2 heterocycles. The highest BCUT2D eigenvalue weighted by atomic mass is 16.5. The molecule has 5 rings (SSSR count). The zero-order valence-corrected chi connectivity index (χ0v) is 17.7. The van der Waals surface area contributed by atoms with E-state index < -0.39 is 11.2 Å². The van der Waals surface area contributed by atoms with Crippen molar-refractivity contribution in [1.82, 2.24) is 9.97 Å². The van der Waals surface area contributed by atoms with E-state index in [1.807, 2.05) is 0 Å². The number of pyridine rings is 2. The molecule has 32 heavy (non-hydrogen) atoms. The second-order valence-corrected chi connectivity index (χ2v) is 7.68. The van der Waals surface area contributed by atoms with Gasteiger partial charge in [-0.05, 0) is 47.5 Å². The Morgan fingerprint density at radius 3 is 1.31 bits per heavy atom. The fourth-order valence-electron chi connectivity index (χ4n) is 4.55. The highest BCUT2D eigenvalue weighted by Crippen LogP contribution is 2.56. The van der Waals surface area contributed by atoms with E-state index in [-0.39, 0.29) is 0 Å². The van der Waals surface area contributed by atoms with Crippen LogP contribution in [0.2, 0.25) is 0 Å². The molecule has 2 N–H and O–H groups in total. The number of aliphatic hydroxyl groups is 2. The van der Waals surface area contributed by atoms with Crippen LogP contribution in [0, 0.1) is 0 Å². The summed E-state index contributed by atoms with van der Waals surface area (Å²) in [5.74, 6) is 1.30. The first-order chi connectivity index (χ1) is 15.5. The molecule has 160 valence electrons. The molecule has 1 aliphatic carbocycles. The maximum Gasteiger partial charge on any atom is 0.154 e. The van der Waals surface area contributed by atoms with Crippen LogP contribution in [0.15, 0.2) is 85.2 Å². The van der Waals surface area contributed by atoms with Gasteiger partial charge in [0.05, 0.1) is 25.6 Å². The molecular formula is C26H22N2O4. The number of fused-ring (bicyclic) bond motifs is 3. The standard InChI is InChI=1S/C26H22N2O4/c1-31-19-11-7-17(8-12-19)25(29)21-5-3-15-27-23(21)24-22(6-4-16-28-24)26(25,30)18-9-13-20(32-2)14-10-18/h3-16,29-30H,1-2H3/t25-,26-/m0/s1. The van der Waals surface area contributed by atoms with E-state index in [1.165, 1.54) is 0 Å². The Morgan fingerprint density at radius 2 is 0.969 bits per heavy atom. The number of benzene rings is 2. The molecule has 0 saturated heterocycles. The van der Waals surface area contributed by atoms with Crippen LogP contribution in [0.4, 0.5) is 0 Å². The monoisotopic (exact) mass is 426 g/mol. The van der Waals surface area contributed by atoms with Crippen LogP contribution < -0.4 is 9.47 Å². The third-order valence-corrected chi connectivity index (χ3v) is 6.16. The highest BCUT2D eigenvalue weighted by Gasteiger charge is 2.59. The number of hydrogen-bond donors (Lipinski definition) is 2. The molecular weight excluding hydrogens is 404 g/mol. The normalized spacial score (nSPS) is 21.4. The second-order valence-electron chi connectivity index (χ2n) is 7.68. The van der Waals surface area contributed by atoms with Crippen molar-refractivity contribution in [3.05, 3.63) is 107 Å². The van der Waals surface area contributed by atoms with Gasteiger partial charge >= 0.3 is 0 Å². The number of nitrogens with zero attached hydrogens (tertiary/aromatic N) is 2. The summed E-state index contributed by atoms with van der Waals surface area (Å²) in [5.41, 5.74) is -0.717. The summed E-state index contributed by atoms with van der Waals surface area (Å²) in [5, 5.41) is 25.0. The van der Waals surface area contributed by atoms with E-state index in [0.29, 0.717) is 45.1 Å². The van der Waals surface area contributed by atoms with Crippen molar-refractivity contribution in [2.24, 2.45) is 0 Å². The molecule has 0 amide bonds. The van der Waals surface area contributed by atoms with Crippen molar-refractivity contribution < 1.29 is 19.7 Å². The largest absolute Gasteiger partial charge is 0.497 e. The number of methoxy groups -OCH3 is 2.